The maximum absolute atomic E-state index is 13.2. The number of hydrogen-bond acceptors (Lipinski definition) is 8. The molecule has 200 valence electrons. The average Bonchev–Trinajstić information content (AvgIpc) is 3.52. The molecule has 0 spiro atoms. The quantitative estimate of drug-likeness (QED) is 0.133. The molecule has 0 bridgehead atoms. The van der Waals surface area contributed by atoms with E-state index >= 15 is 0 Å². The molecule has 3 amide bonds. The Morgan fingerprint density at radius 2 is 1.83 bits per heavy atom. The van der Waals surface area contributed by atoms with Crippen LogP contribution in [0.5, 0.6) is 0 Å². The molecule has 1 aliphatic rings. The van der Waals surface area contributed by atoms with Gasteiger partial charge < -0.3 is 42.2 Å². The fraction of sp³-hybridized carbons (Fsp3) is 0.636. The molecule has 1 aromatic heterocycles. The van der Waals surface area contributed by atoms with Gasteiger partial charge in [-0.2, -0.15) is 0 Å². The van der Waals surface area contributed by atoms with Gasteiger partial charge in [-0.25, -0.2) is 9.78 Å². The Morgan fingerprint density at radius 3 is 2.44 bits per heavy atom. The first-order valence-corrected chi connectivity index (χ1v) is 11.9. The molecular formula is C22H35N7O7. The highest BCUT2D eigenvalue weighted by Crippen LogP contribution is 2.20. The van der Waals surface area contributed by atoms with Crippen molar-refractivity contribution in [3.8, 4) is 0 Å². The van der Waals surface area contributed by atoms with Crippen LogP contribution in [-0.4, -0.2) is 92.0 Å². The van der Waals surface area contributed by atoms with Crippen molar-refractivity contribution >= 4 is 29.7 Å². The molecule has 9 N–H and O–H groups in total. The summed E-state index contributed by atoms with van der Waals surface area (Å²) in [5.74, 6) is -4.28. The first-order valence-electron chi connectivity index (χ1n) is 11.9. The van der Waals surface area contributed by atoms with Gasteiger partial charge in [0.1, 0.15) is 18.1 Å². The number of nitrogens with zero attached hydrogens (tertiary/aromatic N) is 2. The molecule has 0 aromatic carbocycles. The number of nitrogens with one attached hydrogen (secondary N) is 3. The molecule has 4 atom stereocenters. The standard InChI is InChI=1S/C22H35N7O7/c23-8-2-1-4-15(27-19(32)14(24)10-13-11-25-12-26-13)20(33)28-16(6-7-18(30)31)21(34)29-9-3-5-17(29)22(35)36/h11-12,14-17H,1-10,23-24H2,(H,25,26)(H,27,32)(H,28,33)(H,30,31)(H,35,36). The third-order valence-corrected chi connectivity index (χ3v) is 5.99. The van der Waals surface area contributed by atoms with E-state index in [0.717, 1.165) is 4.90 Å². The summed E-state index contributed by atoms with van der Waals surface area (Å²) in [6, 6.07) is -4.32. The van der Waals surface area contributed by atoms with E-state index in [1.807, 2.05) is 0 Å². The van der Waals surface area contributed by atoms with Crippen molar-refractivity contribution in [2.45, 2.75) is 75.5 Å². The number of unbranched alkanes of at least 4 members (excludes halogenated alkanes) is 1. The van der Waals surface area contributed by atoms with E-state index in [-0.39, 0.29) is 32.2 Å². The number of hydrogen-bond donors (Lipinski definition) is 7. The van der Waals surface area contributed by atoms with Crippen molar-refractivity contribution in [3.63, 3.8) is 0 Å². The minimum absolute atomic E-state index is 0.161. The molecule has 2 heterocycles. The largest absolute Gasteiger partial charge is 0.481 e. The summed E-state index contributed by atoms with van der Waals surface area (Å²) in [5.41, 5.74) is 12.2. The summed E-state index contributed by atoms with van der Waals surface area (Å²) >= 11 is 0. The van der Waals surface area contributed by atoms with E-state index in [0.29, 0.717) is 31.5 Å². The number of carbonyl (C=O) groups is 5. The fourth-order valence-corrected chi connectivity index (χ4v) is 4.05. The number of carboxylic acid groups (broad SMARTS) is 2. The van der Waals surface area contributed by atoms with Crippen molar-refractivity contribution in [3.05, 3.63) is 18.2 Å². The fourth-order valence-electron chi connectivity index (χ4n) is 4.05. The molecule has 14 nitrogen and oxygen atoms in total. The van der Waals surface area contributed by atoms with E-state index in [1.165, 1.54) is 12.5 Å². The molecule has 14 heteroatoms. The third-order valence-electron chi connectivity index (χ3n) is 5.99. The van der Waals surface area contributed by atoms with Crippen molar-refractivity contribution in [1.82, 2.24) is 25.5 Å². The monoisotopic (exact) mass is 509 g/mol. The Kier molecular flexibility index (Phi) is 11.3. The normalized spacial score (nSPS) is 17.7. The average molecular weight is 510 g/mol. The molecular weight excluding hydrogens is 474 g/mol. The van der Waals surface area contributed by atoms with Crippen LogP contribution in [0.15, 0.2) is 12.5 Å². The van der Waals surface area contributed by atoms with Gasteiger partial charge in [0.2, 0.25) is 17.7 Å². The van der Waals surface area contributed by atoms with Crippen LogP contribution < -0.4 is 22.1 Å². The molecule has 36 heavy (non-hydrogen) atoms. The lowest BCUT2D eigenvalue weighted by atomic mass is 10.0. The number of amides is 3. The van der Waals surface area contributed by atoms with E-state index in [2.05, 4.69) is 20.6 Å². The Morgan fingerprint density at radius 1 is 1.11 bits per heavy atom. The number of carbonyl (C=O) groups excluding carboxylic acids is 3. The molecule has 4 unspecified atom stereocenters. The summed E-state index contributed by atoms with van der Waals surface area (Å²) in [4.78, 5) is 69.5. The van der Waals surface area contributed by atoms with Crippen LogP contribution in [0.25, 0.3) is 0 Å². The van der Waals surface area contributed by atoms with Gasteiger partial charge in [-0.1, -0.05) is 0 Å². The molecule has 2 rings (SSSR count). The topological polar surface area (TPSA) is 234 Å². The molecule has 1 aromatic rings. The number of likely N-dealkylation sites (tertiary alicyclic amines) is 1. The van der Waals surface area contributed by atoms with E-state index in [4.69, 9.17) is 16.6 Å². The van der Waals surface area contributed by atoms with E-state index in [1.54, 1.807) is 0 Å². The summed E-state index contributed by atoms with van der Waals surface area (Å²) in [6.45, 7) is 0.571. The number of rotatable bonds is 15. The molecule has 1 saturated heterocycles. The zero-order valence-electron chi connectivity index (χ0n) is 20.0. The Labute approximate surface area is 208 Å². The number of aromatic amines is 1. The van der Waals surface area contributed by atoms with Gasteiger partial charge in [0.25, 0.3) is 0 Å². The SMILES string of the molecule is NCCCCC(NC(=O)C(N)Cc1cnc[nH]1)C(=O)NC(CCC(=O)O)C(=O)N1CCCC1C(=O)O. The Hall–Kier alpha value is -3.52. The first-order chi connectivity index (χ1) is 17.1. The summed E-state index contributed by atoms with van der Waals surface area (Å²) in [7, 11) is 0. The van der Waals surface area contributed by atoms with Gasteiger partial charge in [-0.15, -0.1) is 0 Å². The highest BCUT2D eigenvalue weighted by atomic mass is 16.4. The molecule has 0 saturated carbocycles. The maximum atomic E-state index is 13.2. The number of carboxylic acids is 2. The van der Waals surface area contributed by atoms with Gasteiger partial charge in [0.15, 0.2) is 0 Å². The second-order valence-corrected chi connectivity index (χ2v) is 8.75. The minimum Gasteiger partial charge on any atom is -0.481 e. The number of imidazole rings is 1. The molecule has 0 aliphatic carbocycles. The van der Waals surface area contributed by atoms with Gasteiger partial charge >= 0.3 is 11.9 Å². The highest BCUT2D eigenvalue weighted by Gasteiger charge is 2.38. The van der Waals surface area contributed by atoms with Crippen LogP contribution in [0, 0.1) is 0 Å². The summed E-state index contributed by atoms with van der Waals surface area (Å²) < 4.78 is 0. The number of aliphatic carboxylic acids is 2. The number of H-pyrrole nitrogens is 1. The van der Waals surface area contributed by atoms with Crippen LogP contribution >= 0.6 is 0 Å². The zero-order valence-corrected chi connectivity index (χ0v) is 20.0. The smallest absolute Gasteiger partial charge is 0.326 e. The summed E-state index contributed by atoms with van der Waals surface area (Å²) in [6.07, 6.45) is 4.56. The lowest BCUT2D eigenvalue weighted by Gasteiger charge is -2.29. The predicted octanol–water partition coefficient (Wildman–Crippen LogP) is -1.68. The van der Waals surface area contributed by atoms with Crippen molar-refractivity contribution in [2.75, 3.05) is 13.1 Å². The predicted molar refractivity (Wildman–Crippen MR) is 126 cm³/mol. The first kappa shape index (κ1) is 28.7. The maximum Gasteiger partial charge on any atom is 0.326 e. The lowest BCUT2D eigenvalue weighted by Crippen LogP contribution is -2.57. The van der Waals surface area contributed by atoms with E-state index in [9.17, 15) is 29.1 Å². The second-order valence-electron chi connectivity index (χ2n) is 8.75. The highest BCUT2D eigenvalue weighted by molar-refractivity contribution is 5.94. The van der Waals surface area contributed by atoms with Crippen LogP contribution in [-0.2, 0) is 30.4 Å². The van der Waals surface area contributed by atoms with Crippen LogP contribution in [0.2, 0.25) is 0 Å². The molecule has 1 aliphatic heterocycles. The molecule has 0 radical (unpaired) electrons. The molecule has 1 fully saturated rings. The van der Waals surface area contributed by atoms with Crippen LogP contribution in [0.4, 0.5) is 0 Å². The lowest BCUT2D eigenvalue weighted by molar-refractivity contribution is -0.150. The second kappa shape index (κ2) is 14.1. The third kappa shape index (κ3) is 8.61. The van der Waals surface area contributed by atoms with Crippen molar-refractivity contribution in [1.29, 1.82) is 0 Å². The van der Waals surface area contributed by atoms with Crippen molar-refractivity contribution in [2.24, 2.45) is 11.5 Å². The summed E-state index contributed by atoms with van der Waals surface area (Å²) in [5, 5.41) is 23.7. The number of nitrogens with two attached hydrogens (primary N) is 2. The van der Waals surface area contributed by atoms with Gasteiger partial charge in [-0.3, -0.25) is 19.2 Å². The van der Waals surface area contributed by atoms with Crippen molar-refractivity contribution < 1.29 is 34.2 Å². The number of aromatic nitrogens is 2. The minimum atomic E-state index is -1.26. The van der Waals surface area contributed by atoms with Crippen LogP contribution in [0.3, 0.4) is 0 Å². The van der Waals surface area contributed by atoms with Gasteiger partial charge in [0, 0.05) is 31.3 Å². The van der Waals surface area contributed by atoms with Gasteiger partial charge in [0.05, 0.1) is 12.4 Å². The van der Waals surface area contributed by atoms with Gasteiger partial charge in [-0.05, 0) is 45.1 Å². The zero-order chi connectivity index (χ0) is 26.7. The Balaban J connectivity index is 2.13. The van der Waals surface area contributed by atoms with Crippen LogP contribution in [0.1, 0.15) is 50.6 Å². The Bertz CT molecular complexity index is 909. The van der Waals surface area contributed by atoms with E-state index < -0.39 is 60.2 Å².